The molecule has 8 aromatic rings. The summed E-state index contributed by atoms with van der Waals surface area (Å²) in [6.45, 7) is 0. The second-order valence-electron chi connectivity index (χ2n) is 9.74. The first kappa shape index (κ1) is 22.8. The number of rotatable bonds is 4. The van der Waals surface area contributed by atoms with Crippen LogP contribution in [0.3, 0.4) is 0 Å². The fourth-order valence-electron chi connectivity index (χ4n) is 5.48. The number of aromatic nitrogens is 4. The molecule has 0 atom stereocenters. The van der Waals surface area contributed by atoms with Crippen LogP contribution in [0.1, 0.15) is 0 Å². The van der Waals surface area contributed by atoms with Crippen molar-refractivity contribution >= 4 is 43.2 Å². The van der Waals surface area contributed by atoms with E-state index in [9.17, 15) is 0 Å². The Morgan fingerprint density at radius 2 is 1.12 bits per heavy atom. The molecule has 4 nitrogen and oxygen atoms in total. The molecule has 0 saturated heterocycles. The highest BCUT2D eigenvalue weighted by molar-refractivity contribution is 7.18. The Morgan fingerprint density at radius 3 is 1.85 bits per heavy atom. The highest BCUT2D eigenvalue weighted by Gasteiger charge is 2.17. The third kappa shape index (κ3) is 3.71. The van der Waals surface area contributed by atoms with Crippen LogP contribution in [-0.4, -0.2) is 19.5 Å². The maximum Gasteiger partial charge on any atom is 0.164 e. The summed E-state index contributed by atoms with van der Waals surface area (Å²) in [5.41, 5.74) is 6.31. The Balaban J connectivity index is 1.35. The van der Waals surface area contributed by atoms with Gasteiger partial charge in [0.05, 0.1) is 11.0 Å². The molecule has 0 amide bonds. The van der Waals surface area contributed by atoms with Crippen molar-refractivity contribution in [3.8, 4) is 39.9 Å². The number of benzene rings is 5. The zero-order valence-corrected chi connectivity index (χ0v) is 22.2. The summed E-state index contributed by atoms with van der Waals surface area (Å²) in [6.07, 6.45) is 0. The summed E-state index contributed by atoms with van der Waals surface area (Å²) in [4.78, 5) is 14.8. The van der Waals surface area contributed by atoms with Crippen molar-refractivity contribution in [1.29, 1.82) is 0 Å². The van der Waals surface area contributed by atoms with E-state index in [4.69, 9.17) is 15.0 Å². The van der Waals surface area contributed by atoms with Gasteiger partial charge >= 0.3 is 0 Å². The van der Waals surface area contributed by atoms with Crippen molar-refractivity contribution in [2.75, 3.05) is 0 Å². The Morgan fingerprint density at radius 1 is 0.500 bits per heavy atom. The molecule has 188 valence electrons. The summed E-state index contributed by atoms with van der Waals surface area (Å²) in [5.74, 6) is 1.97. The van der Waals surface area contributed by atoms with Crippen molar-refractivity contribution < 1.29 is 0 Å². The lowest BCUT2D eigenvalue weighted by Crippen LogP contribution is -2.01. The predicted molar refractivity (Wildman–Crippen MR) is 166 cm³/mol. The minimum Gasteiger partial charge on any atom is -0.309 e. The van der Waals surface area contributed by atoms with Crippen molar-refractivity contribution in [2.45, 2.75) is 0 Å². The Bertz CT molecular complexity index is 2100. The summed E-state index contributed by atoms with van der Waals surface area (Å²) in [6, 6.07) is 44.0. The van der Waals surface area contributed by atoms with Gasteiger partial charge in [0.1, 0.15) is 0 Å². The highest BCUT2D eigenvalue weighted by atomic mass is 32.1. The minimum atomic E-state index is 0.649. The van der Waals surface area contributed by atoms with Gasteiger partial charge in [-0.2, -0.15) is 0 Å². The van der Waals surface area contributed by atoms with Gasteiger partial charge in [0.15, 0.2) is 17.5 Å². The Kier molecular flexibility index (Phi) is 5.28. The molecule has 0 saturated carbocycles. The number of para-hydroxylation sites is 1. The molecule has 3 aromatic heterocycles. The van der Waals surface area contributed by atoms with Gasteiger partial charge in [0.2, 0.25) is 0 Å². The summed E-state index contributed by atoms with van der Waals surface area (Å²) in [7, 11) is 0. The number of hydrogen-bond donors (Lipinski definition) is 0. The average molecular weight is 531 g/mol. The zero-order valence-electron chi connectivity index (χ0n) is 21.4. The number of hydrogen-bond acceptors (Lipinski definition) is 4. The molecule has 3 heterocycles. The lowest BCUT2D eigenvalue weighted by molar-refractivity contribution is 1.07. The average Bonchev–Trinajstić information content (AvgIpc) is 3.64. The fourth-order valence-corrected chi connectivity index (χ4v) is 6.43. The topological polar surface area (TPSA) is 43.6 Å². The van der Waals surface area contributed by atoms with Crippen LogP contribution in [0.2, 0.25) is 0 Å². The molecule has 0 N–H and O–H groups in total. The van der Waals surface area contributed by atoms with Gasteiger partial charge in [-0.05, 0) is 41.1 Å². The van der Waals surface area contributed by atoms with Crippen LogP contribution in [0, 0.1) is 0 Å². The van der Waals surface area contributed by atoms with E-state index < -0.39 is 0 Å². The smallest absolute Gasteiger partial charge is 0.164 e. The van der Waals surface area contributed by atoms with Crippen LogP contribution in [0.25, 0.3) is 71.7 Å². The summed E-state index contributed by atoms with van der Waals surface area (Å²) in [5, 5.41) is 6.01. The molecule has 0 unspecified atom stereocenters. The molecule has 40 heavy (non-hydrogen) atoms. The van der Waals surface area contributed by atoms with Gasteiger partial charge in [-0.1, -0.05) is 97.1 Å². The maximum atomic E-state index is 4.95. The van der Waals surface area contributed by atoms with E-state index in [0.717, 1.165) is 22.4 Å². The van der Waals surface area contributed by atoms with Crippen molar-refractivity contribution in [3.05, 3.63) is 133 Å². The molecule has 5 heteroatoms. The predicted octanol–water partition coefficient (Wildman–Crippen LogP) is 9.18. The molecular formula is C35H22N4S. The molecule has 0 aliphatic heterocycles. The summed E-state index contributed by atoms with van der Waals surface area (Å²) >= 11 is 1.80. The Hall–Kier alpha value is -5.13. The quantitative estimate of drug-likeness (QED) is 0.228. The molecule has 0 radical (unpaired) electrons. The standard InChI is InChI=1S/C35H22N4S/c1-3-10-24(11-4-1)33-36-34(25-12-5-2-6-13-25)38-35(37-33)26-14-9-15-27(22-26)39-29-17-8-7-16-28(29)31-30(39)19-18-23-20-21-40-32(23)31/h1-22H. The molecule has 0 bridgehead atoms. The van der Waals surface area contributed by atoms with E-state index in [1.54, 1.807) is 11.3 Å². The second kappa shape index (κ2) is 9.26. The molecule has 5 aromatic carbocycles. The SMILES string of the molecule is c1ccc(-c2nc(-c3ccccc3)nc(-c3cccc(-n4c5ccccc5c5c6sccc6ccc54)c3)n2)cc1. The maximum absolute atomic E-state index is 4.95. The Labute approximate surface area is 234 Å². The van der Waals surface area contributed by atoms with E-state index in [1.165, 1.54) is 31.9 Å². The van der Waals surface area contributed by atoms with Crippen LogP contribution in [0.5, 0.6) is 0 Å². The van der Waals surface area contributed by atoms with Gasteiger partial charge in [-0.25, -0.2) is 15.0 Å². The van der Waals surface area contributed by atoms with Crippen LogP contribution in [0.15, 0.2) is 133 Å². The van der Waals surface area contributed by atoms with E-state index in [2.05, 4.69) is 76.7 Å². The van der Waals surface area contributed by atoms with E-state index in [-0.39, 0.29) is 0 Å². The van der Waals surface area contributed by atoms with Crippen molar-refractivity contribution in [3.63, 3.8) is 0 Å². The van der Waals surface area contributed by atoms with Crippen LogP contribution in [-0.2, 0) is 0 Å². The first-order valence-corrected chi connectivity index (χ1v) is 14.1. The molecule has 0 aliphatic rings. The number of thiophene rings is 1. The van der Waals surface area contributed by atoms with Crippen molar-refractivity contribution in [1.82, 2.24) is 19.5 Å². The third-order valence-electron chi connectivity index (χ3n) is 7.32. The van der Waals surface area contributed by atoms with Gasteiger partial charge in [0, 0.05) is 37.9 Å². The van der Waals surface area contributed by atoms with E-state index >= 15 is 0 Å². The lowest BCUT2D eigenvalue weighted by atomic mass is 10.1. The molecule has 0 fully saturated rings. The summed E-state index contributed by atoms with van der Waals surface area (Å²) < 4.78 is 3.67. The van der Waals surface area contributed by atoms with Crippen LogP contribution in [0.4, 0.5) is 0 Å². The first-order chi connectivity index (χ1) is 19.8. The van der Waals surface area contributed by atoms with Crippen molar-refractivity contribution in [2.24, 2.45) is 0 Å². The molecule has 0 aliphatic carbocycles. The van der Waals surface area contributed by atoms with Gasteiger partial charge in [-0.3, -0.25) is 0 Å². The first-order valence-electron chi connectivity index (χ1n) is 13.2. The van der Waals surface area contributed by atoms with Gasteiger partial charge in [-0.15, -0.1) is 11.3 Å². The van der Waals surface area contributed by atoms with Gasteiger partial charge < -0.3 is 4.57 Å². The van der Waals surface area contributed by atoms with Gasteiger partial charge in [0.25, 0.3) is 0 Å². The zero-order chi connectivity index (χ0) is 26.5. The van der Waals surface area contributed by atoms with E-state index in [0.29, 0.717) is 17.5 Å². The molecule has 8 rings (SSSR count). The second-order valence-corrected chi connectivity index (χ2v) is 10.7. The normalized spacial score (nSPS) is 11.5. The minimum absolute atomic E-state index is 0.649. The number of fused-ring (bicyclic) bond motifs is 5. The fraction of sp³-hybridized carbons (Fsp3) is 0. The molecular weight excluding hydrogens is 508 g/mol. The third-order valence-corrected chi connectivity index (χ3v) is 8.26. The lowest BCUT2D eigenvalue weighted by Gasteiger charge is -2.11. The highest BCUT2D eigenvalue weighted by Crippen LogP contribution is 2.39. The van der Waals surface area contributed by atoms with Crippen LogP contribution >= 0.6 is 11.3 Å². The molecule has 0 spiro atoms. The van der Waals surface area contributed by atoms with E-state index in [1.807, 2.05) is 60.7 Å². The monoisotopic (exact) mass is 530 g/mol. The largest absolute Gasteiger partial charge is 0.309 e. The van der Waals surface area contributed by atoms with Crippen LogP contribution < -0.4 is 0 Å². The number of nitrogens with zero attached hydrogens (tertiary/aromatic N) is 4.